The first-order chi connectivity index (χ1) is 14.0. The van der Waals surface area contributed by atoms with Crippen LogP contribution in [-0.4, -0.2) is 34.3 Å². The van der Waals surface area contributed by atoms with Crippen molar-refractivity contribution >= 4 is 34.5 Å². The van der Waals surface area contributed by atoms with Crippen molar-refractivity contribution in [3.63, 3.8) is 0 Å². The molecular weight excluding hydrogens is 384 g/mol. The van der Waals surface area contributed by atoms with Gasteiger partial charge in [-0.15, -0.1) is 11.3 Å². The standard InChI is InChI=1S/C22H22N4O2S/c1-14(27)26-12-2-3-20(26)21(28)24-18-10-6-16(7-11-18)22-25-19(13-29-22)15-4-8-17(23)9-5-15/h4-11,13,20H,2-3,12,23H2,1H3,(H,24,28). The molecule has 4 rings (SSSR count). The summed E-state index contributed by atoms with van der Waals surface area (Å²) < 4.78 is 0. The van der Waals surface area contributed by atoms with Gasteiger partial charge >= 0.3 is 0 Å². The van der Waals surface area contributed by atoms with Crippen molar-refractivity contribution in [3.8, 4) is 21.8 Å². The number of nitrogens with two attached hydrogens (primary N) is 1. The molecule has 1 fully saturated rings. The average Bonchev–Trinajstić information content (AvgIpc) is 3.39. The molecule has 2 amide bonds. The molecule has 29 heavy (non-hydrogen) atoms. The van der Waals surface area contributed by atoms with E-state index in [2.05, 4.69) is 5.32 Å². The van der Waals surface area contributed by atoms with Gasteiger partial charge in [0.2, 0.25) is 11.8 Å². The molecule has 1 unspecified atom stereocenters. The van der Waals surface area contributed by atoms with Gasteiger partial charge in [0.25, 0.3) is 0 Å². The number of amides is 2. The number of nitrogens with zero attached hydrogens (tertiary/aromatic N) is 2. The van der Waals surface area contributed by atoms with Gasteiger partial charge in [0, 0.05) is 41.4 Å². The van der Waals surface area contributed by atoms with Crippen LogP contribution >= 0.6 is 11.3 Å². The first kappa shape index (κ1) is 19.1. The molecule has 7 heteroatoms. The number of nitrogens with one attached hydrogen (secondary N) is 1. The van der Waals surface area contributed by atoms with Crippen LogP contribution in [0.1, 0.15) is 19.8 Å². The van der Waals surface area contributed by atoms with Gasteiger partial charge in [-0.1, -0.05) is 12.1 Å². The lowest BCUT2D eigenvalue weighted by molar-refractivity contribution is -0.134. The summed E-state index contributed by atoms with van der Waals surface area (Å²) in [5.74, 6) is -0.191. The van der Waals surface area contributed by atoms with Crippen LogP contribution in [0.2, 0.25) is 0 Å². The van der Waals surface area contributed by atoms with Crippen molar-refractivity contribution in [2.75, 3.05) is 17.6 Å². The lowest BCUT2D eigenvalue weighted by atomic mass is 10.1. The Morgan fingerprint density at radius 1 is 1.10 bits per heavy atom. The van der Waals surface area contributed by atoms with Gasteiger partial charge in [0.05, 0.1) is 5.69 Å². The molecule has 1 saturated heterocycles. The molecule has 6 nitrogen and oxygen atoms in total. The molecule has 1 atom stereocenters. The smallest absolute Gasteiger partial charge is 0.247 e. The monoisotopic (exact) mass is 406 g/mol. The van der Waals surface area contributed by atoms with Crippen LogP contribution in [0.15, 0.2) is 53.9 Å². The van der Waals surface area contributed by atoms with Crippen LogP contribution < -0.4 is 11.1 Å². The Hall–Kier alpha value is -3.19. The number of rotatable bonds is 4. The first-order valence-corrected chi connectivity index (χ1v) is 10.4. The topological polar surface area (TPSA) is 88.3 Å². The number of carbonyl (C=O) groups is 2. The summed E-state index contributed by atoms with van der Waals surface area (Å²) in [5, 5.41) is 5.85. The van der Waals surface area contributed by atoms with Crippen LogP contribution in [-0.2, 0) is 9.59 Å². The third kappa shape index (κ3) is 4.14. The normalized spacial score (nSPS) is 16.0. The zero-order chi connectivity index (χ0) is 20.4. The SMILES string of the molecule is CC(=O)N1CCCC1C(=O)Nc1ccc(-c2nc(-c3ccc(N)cc3)cs2)cc1. The predicted molar refractivity (Wildman–Crippen MR) is 116 cm³/mol. The van der Waals surface area contributed by atoms with Crippen molar-refractivity contribution in [2.45, 2.75) is 25.8 Å². The average molecular weight is 407 g/mol. The fourth-order valence-corrected chi connectivity index (χ4v) is 4.37. The molecule has 3 aromatic rings. The number of nitrogen functional groups attached to an aromatic ring is 1. The predicted octanol–water partition coefficient (Wildman–Crippen LogP) is 4.01. The van der Waals surface area contributed by atoms with Crippen LogP contribution in [0.3, 0.4) is 0 Å². The van der Waals surface area contributed by atoms with Crippen molar-refractivity contribution in [2.24, 2.45) is 0 Å². The molecule has 148 valence electrons. The molecule has 2 heterocycles. The molecule has 0 saturated carbocycles. The highest BCUT2D eigenvalue weighted by Crippen LogP contribution is 2.30. The Bertz CT molecular complexity index is 1030. The number of aromatic nitrogens is 1. The van der Waals surface area contributed by atoms with Crippen LogP contribution in [0, 0.1) is 0 Å². The van der Waals surface area contributed by atoms with Gasteiger partial charge < -0.3 is 16.0 Å². The molecule has 1 aliphatic heterocycles. The molecule has 2 aromatic carbocycles. The third-order valence-electron chi connectivity index (χ3n) is 5.07. The number of carbonyl (C=O) groups excluding carboxylic acids is 2. The number of hydrogen-bond acceptors (Lipinski definition) is 5. The second kappa shape index (κ2) is 8.05. The van der Waals surface area contributed by atoms with E-state index in [1.54, 1.807) is 16.2 Å². The fourth-order valence-electron chi connectivity index (χ4n) is 3.53. The van der Waals surface area contributed by atoms with Gasteiger partial charge in [0.15, 0.2) is 0 Å². The van der Waals surface area contributed by atoms with Crippen molar-refractivity contribution < 1.29 is 9.59 Å². The van der Waals surface area contributed by atoms with Crippen LogP contribution in [0.25, 0.3) is 21.8 Å². The number of anilines is 2. The summed E-state index contributed by atoms with van der Waals surface area (Å²) in [4.78, 5) is 30.6. The molecule has 0 aliphatic carbocycles. The van der Waals surface area contributed by atoms with E-state index in [0.29, 0.717) is 18.7 Å². The van der Waals surface area contributed by atoms with Crippen LogP contribution in [0.4, 0.5) is 11.4 Å². The highest BCUT2D eigenvalue weighted by atomic mass is 32.1. The Morgan fingerprint density at radius 3 is 2.48 bits per heavy atom. The summed E-state index contributed by atoms with van der Waals surface area (Å²) in [6, 6.07) is 14.9. The second-order valence-corrected chi connectivity index (χ2v) is 7.96. The highest BCUT2D eigenvalue weighted by molar-refractivity contribution is 7.13. The molecule has 0 spiro atoms. The quantitative estimate of drug-likeness (QED) is 0.641. The van der Waals surface area contributed by atoms with E-state index in [9.17, 15) is 9.59 Å². The van der Waals surface area contributed by atoms with Crippen LogP contribution in [0.5, 0.6) is 0 Å². The first-order valence-electron chi connectivity index (χ1n) is 9.51. The molecule has 1 aliphatic rings. The Labute approximate surface area is 173 Å². The van der Waals surface area contributed by atoms with Gasteiger partial charge in [-0.05, 0) is 49.2 Å². The van der Waals surface area contributed by atoms with E-state index in [-0.39, 0.29) is 17.9 Å². The summed E-state index contributed by atoms with van der Waals surface area (Å²) in [6.45, 7) is 2.15. The number of benzene rings is 2. The number of hydrogen-bond donors (Lipinski definition) is 2. The summed E-state index contributed by atoms with van der Waals surface area (Å²) in [5.41, 5.74) is 10.1. The van der Waals surface area contributed by atoms with E-state index in [0.717, 1.165) is 33.9 Å². The minimum absolute atomic E-state index is 0.0568. The lowest BCUT2D eigenvalue weighted by Crippen LogP contribution is -2.42. The minimum Gasteiger partial charge on any atom is -0.399 e. The zero-order valence-electron chi connectivity index (χ0n) is 16.1. The van der Waals surface area contributed by atoms with Gasteiger partial charge in [-0.3, -0.25) is 9.59 Å². The molecule has 0 radical (unpaired) electrons. The van der Waals surface area contributed by atoms with Gasteiger partial charge in [-0.25, -0.2) is 4.98 Å². The van der Waals surface area contributed by atoms with E-state index in [4.69, 9.17) is 10.7 Å². The second-order valence-electron chi connectivity index (χ2n) is 7.10. The summed E-state index contributed by atoms with van der Waals surface area (Å²) in [7, 11) is 0. The Balaban J connectivity index is 1.45. The zero-order valence-corrected chi connectivity index (χ0v) is 16.9. The minimum atomic E-state index is -0.381. The van der Waals surface area contributed by atoms with E-state index in [1.165, 1.54) is 6.92 Å². The van der Waals surface area contributed by atoms with Gasteiger partial charge in [0.1, 0.15) is 11.0 Å². The lowest BCUT2D eigenvalue weighted by Gasteiger charge is -2.22. The van der Waals surface area contributed by atoms with Crippen molar-refractivity contribution in [1.82, 2.24) is 9.88 Å². The van der Waals surface area contributed by atoms with E-state index < -0.39 is 0 Å². The third-order valence-corrected chi connectivity index (χ3v) is 5.96. The molecule has 1 aromatic heterocycles. The highest BCUT2D eigenvalue weighted by Gasteiger charge is 2.32. The van der Waals surface area contributed by atoms with Crippen molar-refractivity contribution in [1.29, 1.82) is 0 Å². The van der Waals surface area contributed by atoms with Gasteiger partial charge in [-0.2, -0.15) is 0 Å². The maximum absolute atomic E-state index is 12.5. The number of likely N-dealkylation sites (tertiary alicyclic amines) is 1. The Kier molecular flexibility index (Phi) is 5.31. The summed E-state index contributed by atoms with van der Waals surface area (Å²) >= 11 is 1.57. The number of thiazole rings is 1. The van der Waals surface area contributed by atoms with Crippen molar-refractivity contribution in [3.05, 3.63) is 53.9 Å². The Morgan fingerprint density at radius 2 is 1.79 bits per heavy atom. The molecular formula is C22H22N4O2S. The summed E-state index contributed by atoms with van der Waals surface area (Å²) in [6.07, 6.45) is 1.56. The maximum atomic E-state index is 12.5. The van der Waals surface area contributed by atoms with E-state index in [1.807, 2.05) is 53.9 Å². The molecule has 3 N–H and O–H groups in total. The maximum Gasteiger partial charge on any atom is 0.247 e. The fraction of sp³-hybridized carbons (Fsp3) is 0.227. The largest absolute Gasteiger partial charge is 0.399 e. The van der Waals surface area contributed by atoms with E-state index >= 15 is 0 Å². The molecule has 0 bridgehead atoms.